The van der Waals surface area contributed by atoms with Gasteiger partial charge in [0.05, 0.1) is 12.2 Å². The zero-order chi connectivity index (χ0) is 22.8. The van der Waals surface area contributed by atoms with Gasteiger partial charge in [-0.05, 0) is 30.7 Å². The molecule has 9 heteroatoms. The first-order valence-corrected chi connectivity index (χ1v) is 10.3. The van der Waals surface area contributed by atoms with Crippen LogP contribution in [-0.2, 0) is 11.3 Å². The molecule has 0 radical (unpaired) electrons. The van der Waals surface area contributed by atoms with E-state index in [4.69, 9.17) is 11.5 Å². The van der Waals surface area contributed by atoms with E-state index < -0.39 is 0 Å². The van der Waals surface area contributed by atoms with E-state index in [2.05, 4.69) is 34.1 Å². The Bertz CT molecular complexity index is 1080. The minimum atomic E-state index is -0.356. The molecule has 0 spiro atoms. The zero-order valence-corrected chi connectivity index (χ0v) is 18.3. The minimum Gasteiger partial charge on any atom is -0.370 e. The van der Waals surface area contributed by atoms with Crippen LogP contribution in [0, 0.1) is 6.92 Å². The Hall–Kier alpha value is -3.62. The average Bonchev–Trinajstić information content (AvgIpc) is 3.10. The van der Waals surface area contributed by atoms with Crippen LogP contribution < -0.4 is 22.5 Å². The standard InChI is InChI=1S/C18H21N7O2.C4H10/c1-11-8-13-10-25(18(27)24-16(13)23-11)14-4-2-12(3-5-14)9-22-15(26)6-7-21-17(19)20;1-3-4-2/h2-5,8,10H,6-7,9H2,1H3,(H,22,26)(H4,19,20,21)(H,23,24,27);3-4H2,1-2H3. The summed E-state index contributed by atoms with van der Waals surface area (Å²) in [4.78, 5) is 34.9. The molecule has 2 heterocycles. The molecule has 0 atom stereocenters. The van der Waals surface area contributed by atoms with Crippen molar-refractivity contribution >= 4 is 22.9 Å². The predicted molar refractivity (Wildman–Crippen MR) is 124 cm³/mol. The number of hydrogen-bond donors (Lipinski definition) is 4. The fraction of sp³-hybridized carbons (Fsp3) is 0.364. The number of aliphatic imine (C=N–C) groups is 1. The third-order valence-electron chi connectivity index (χ3n) is 4.48. The Morgan fingerprint density at radius 2 is 1.87 bits per heavy atom. The van der Waals surface area contributed by atoms with E-state index in [1.165, 1.54) is 17.4 Å². The summed E-state index contributed by atoms with van der Waals surface area (Å²) >= 11 is 0. The lowest BCUT2D eigenvalue weighted by atomic mass is 10.2. The van der Waals surface area contributed by atoms with E-state index in [1.54, 1.807) is 6.20 Å². The molecule has 0 aliphatic carbocycles. The molecular weight excluding hydrogens is 394 g/mol. The van der Waals surface area contributed by atoms with E-state index in [0.29, 0.717) is 17.9 Å². The number of benzene rings is 1. The third-order valence-corrected chi connectivity index (χ3v) is 4.48. The maximum atomic E-state index is 12.2. The Morgan fingerprint density at radius 1 is 1.19 bits per heavy atom. The number of nitrogens with two attached hydrogens (primary N) is 2. The Labute approximate surface area is 181 Å². The zero-order valence-electron chi connectivity index (χ0n) is 18.3. The number of rotatable bonds is 7. The van der Waals surface area contributed by atoms with Gasteiger partial charge in [-0.25, -0.2) is 4.79 Å². The minimum absolute atomic E-state index is 0.0314. The molecule has 6 N–H and O–H groups in total. The fourth-order valence-corrected chi connectivity index (χ4v) is 2.67. The van der Waals surface area contributed by atoms with E-state index in [0.717, 1.165) is 16.6 Å². The average molecular weight is 426 g/mol. The molecule has 166 valence electrons. The smallest absolute Gasteiger partial charge is 0.354 e. The molecule has 31 heavy (non-hydrogen) atoms. The van der Waals surface area contributed by atoms with E-state index in [1.807, 2.05) is 37.3 Å². The van der Waals surface area contributed by atoms with Crippen LogP contribution in [-0.4, -0.2) is 32.9 Å². The number of aromatic amines is 1. The maximum absolute atomic E-state index is 12.2. The normalized spacial score (nSPS) is 10.3. The highest BCUT2D eigenvalue weighted by atomic mass is 16.2. The summed E-state index contributed by atoms with van der Waals surface area (Å²) in [5.74, 6) is -0.172. The van der Waals surface area contributed by atoms with Crippen LogP contribution >= 0.6 is 0 Å². The second-order valence-corrected chi connectivity index (χ2v) is 7.15. The summed E-state index contributed by atoms with van der Waals surface area (Å²) in [5, 5.41) is 3.66. The van der Waals surface area contributed by atoms with Crippen molar-refractivity contribution in [3.05, 3.63) is 58.3 Å². The number of carbonyl (C=O) groups excluding carboxylic acids is 1. The molecule has 1 amide bonds. The summed E-state index contributed by atoms with van der Waals surface area (Å²) in [6, 6.07) is 9.27. The van der Waals surface area contributed by atoms with Gasteiger partial charge >= 0.3 is 5.69 Å². The molecule has 0 fully saturated rings. The van der Waals surface area contributed by atoms with Crippen LogP contribution in [0.4, 0.5) is 0 Å². The van der Waals surface area contributed by atoms with Crippen molar-refractivity contribution in [1.82, 2.24) is 19.9 Å². The topological polar surface area (TPSA) is 144 Å². The van der Waals surface area contributed by atoms with Crippen molar-refractivity contribution in [3.63, 3.8) is 0 Å². The molecule has 0 aliphatic heterocycles. The highest BCUT2D eigenvalue weighted by molar-refractivity contribution is 5.78. The maximum Gasteiger partial charge on any atom is 0.354 e. The van der Waals surface area contributed by atoms with Crippen molar-refractivity contribution in [2.45, 2.75) is 46.6 Å². The Kier molecular flexibility index (Phi) is 8.80. The number of aryl methyl sites for hydroxylation is 1. The molecule has 0 saturated heterocycles. The summed E-state index contributed by atoms with van der Waals surface area (Å²) in [7, 11) is 0. The van der Waals surface area contributed by atoms with Crippen LogP contribution in [0.1, 0.15) is 44.4 Å². The first-order chi connectivity index (χ1) is 14.8. The number of nitrogens with zero attached hydrogens (tertiary/aromatic N) is 3. The van der Waals surface area contributed by atoms with Crippen molar-refractivity contribution in [2.24, 2.45) is 16.5 Å². The van der Waals surface area contributed by atoms with Gasteiger partial charge in [-0.1, -0.05) is 38.8 Å². The molecule has 3 aromatic rings. The number of nitrogens with one attached hydrogen (secondary N) is 2. The highest BCUT2D eigenvalue weighted by Gasteiger charge is 2.07. The molecule has 0 unspecified atom stereocenters. The predicted octanol–water partition coefficient (Wildman–Crippen LogP) is 2.11. The van der Waals surface area contributed by atoms with Crippen LogP contribution in [0.5, 0.6) is 0 Å². The number of unbranched alkanes of at least 4 members (excludes halogenated alkanes) is 1. The van der Waals surface area contributed by atoms with Crippen molar-refractivity contribution in [1.29, 1.82) is 0 Å². The fourth-order valence-electron chi connectivity index (χ4n) is 2.67. The summed E-state index contributed by atoms with van der Waals surface area (Å²) in [6.45, 7) is 6.91. The van der Waals surface area contributed by atoms with Gasteiger partial charge in [0.25, 0.3) is 0 Å². The number of aromatic nitrogens is 3. The molecule has 0 bridgehead atoms. The van der Waals surface area contributed by atoms with Gasteiger partial charge in [-0.2, -0.15) is 4.98 Å². The second kappa shape index (κ2) is 11.5. The van der Waals surface area contributed by atoms with Crippen molar-refractivity contribution in [3.8, 4) is 5.69 Å². The highest BCUT2D eigenvalue weighted by Crippen LogP contribution is 2.13. The SMILES string of the molecule is CCCC.Cc1cc2cn(-c3ccc(CNC(=O)CCN=C(N)N)cc3)c(=O)nc2[nH]1. The van der Waals surface area contributed by atoms with Gasteiger partial charge in [0.15, 0.2) is 5.96 Å². The molecule has 0 saturated carbocycles. The molecule has 0 aliphatic rings. The van der Waals surface area contributed by atoms with E-state index in [9.17, 15) is 9.59 Å². The summed E-state index contributed by atoms with van der Waals surface area (Å²) in [6.07, 6.45) is 4.61. The van der Waals surface area contributed by atoms with Crippen molar-refractivity contribution < 1.29 is 4.79 Å². The molecular formula is C22H31N7O2. The number of hydrogen-bond acceptors (Lipinski definition) is 4. The van der Waals surface area contributed by atoms with Gasteiger partial charge in [0, 0.05) is 30.2 Å². The van der Waals surface area contributed by atoms with Crippen LogP contribution in [0.15, 0.2) is 46.3 Å². The number of guanidine groups is 1. The van der Waals surface area contributed by atoms with Gasteiger partial charge < -0.3 is 21.8 Å². The quantitative estimate of drug-likeness (QED) is 0.338. The van der Waals surface area contributed by atoms with Gasteiger partial charge in [-0.3, -0.25) is 14.4 Å². The number of amides is 1. The van der Waals surface area contributed by atoms with Crippen molar-refractivity contribution in [2.75, 3.05) is 6.54 Å². The van der Waals surface area contributed by atoms with E-state index >= 15 is 0 Å². The Balaban J connectivity index is 0.000000785. The van der Waals surface area contributed by atoms with Crippen LogP contribution in [0.3, 0.4) is 0 Å². The lowest BCUT2D eigenvalue weighted by Crippen LogP contribution is -2.26. The van der Waals surface area contributed by atoms with Crippen LogP contribution in [0.25, 0.3) is 16.7 Å². The lowest BCUT2D eigenvalue weighted by molar-refractivity contribution is -0.121. The largest absolute Gasteiger partial charge is 0.370 e. The number of carbonyl (C=O) groups is 1. The van der Waals surface area contributed by atoms with Crippen LogP contribution in [0.2, 0.25) is 0 Å². The number of fused-ring (bicyclic) bond motifs is 1. The molecule has 2 aromatic heterocycles. The molecule has 9 nitrogen and oxygen atoms in total. The van der Waals surface area contributed by atoms with Gasteiger partial charge in [-0.15, -0.1) is 0 Å². The number of H-pyrrole nitrogens is 1. The second-order valence-electron chi connectivity index (χ2n) is 7.15. The summed E-state index contributed by atoms with van der Waals surface area (Å²) in [5.41, 5.74) is 13.2. The monoisotopic (exact) mass is 425 g/mol. The summed E-state index contributed by atoms with van der Waals surface area (Å²) < 4.78 is 1.49. The van der Waals surface area contributed by atoms with Gasteiger partial charge in [0.1, 0.15) is 5.65 Å². The lowest BCUT2D eigenvalue weighted by Gasteiger charge is -2.08. The van der Waals surface area contributed by atoms with E-state index in [-0.39, 0.29) is 30.5 Å². The molecule has 1 aromatic carbocycles. The third kappa shape index (κ3) is 7.29. The molecule has 3 rings (SSSR count). The van der Waals surface area contributed by atoms with Gasteiger partial charge in [0.2, 0.25) is 5.91 Å². The first-order valence-electron chi connectivity index (χ1n) is 10.3. The Morgan fingerprint density at radius 3 is 2.48 bits per heavy atom. The first kappa shape index (κ1) is 23.7.